The van der Waals surface area contributed by atoms with Gasteiger partial charge in [0.05, 0.1) is 28.0 Å². The lowest BCUT2D eigenvalue weighted by Crippen LogP contribution is -2.33. The van der Waals surface area contributed by atoms with Crippen molar-refractivity contribution in [3.05, 3.63) is 78.4 Å². The molecule has 4 aromatic carbocycles. The van der Waals surface area contributed by atoms with Crippen LogP contribution in [0.1, 0.15) is 5.56 Å². The van der Waals surface area contributed by atoms with Crippen LogP contribution < -0.4 is 4.57 Å². The molecular weight excluding hydrogens is 431 g/mol. The molecule has 0 spiro atoms. The van der Waals surface area contributed by atoms with E-state index in [4.69, 9.17) is 8.83 Å². The van der Waals surface area contributed by atoms with Gasteiger partial charge in [0, 0.05) is 23.8 Å². The van der Waals surface area contributed by atoms with E-state index in [1.54, 1.807) is 16.7 Å². The van der Waals surface area contributed by atoms with E-state index in [1.807, 2.05) is 42.5 Å². The van der Waals surface area contributed by atoms with Crippen molar-refractivity contribution in [1.29, 1.82) is 0 Å². The van der Waals surface area contributed by atoms with Crippen LogP contribution in [0.5, 0.6) is 5.75 Å². The Hall–Kier alpha value is -4.26. The van der Waals surface area contributed by atoms with Gasteiger partial charge in [-0.05, 0) is 30.3 Å². The minimum Gasteiger partial charge on any atom is -0.508 e. The highest BCUT2D eigenvalue weighted by Crippen LogP contribution is 2.47. The number of hydrogen-bond acceptors (Lipinski definition) is 3. The molecule has 160 valence electrons. The fourth-order valence-corrected chi connectivity index (χ4v) is 4.92. The van der Waals surface area contributed by atoms with Gasteiger partial charge < -0.3 is 13.9 Å². The monoisotopic (exact) mass is 444 g/mol. The van der Waals surface area contributed by atoms with E-state index in [9.17, 15) is 18.3 Å². The van der Waals surface area contributed by atoms with E-state index < -0.39 is 17.5 Å². The second kappa shape index (κ2) is 5.95. The van der Waals surface area contributed by atoms with Crippen molar-refractivity contribution in [1.82, 2.24) is 0 Å². The molecule has 0 saturated carbocycles. The predicted octanol–water partition coefficient (Wildman–Crippen LogP) is 7.03. The van der Waals surface area contributed by atoms with Crippen molar-refractivity contribution in [3.8, 4) is 22.6 Å². The minimum absolute atomic E-state index is 0.188. The second-order valence-corrected chi connectivity index (χ2v) is 8.08. The van der Waals surface area contributed by atoms with Gasteiger partial charge in [-0.3, -0.25) is 0 Å². The smallest absolute Gasteiger partial charge is 0.416 e. The molecule has 0 atom stereocenters. The van der Waals surface area contributed by atoms with Crippen LogP contribution >= 0.6 is 0 Å². The van der Waals surface area contributed by atoms with Crippen molar-refractivity contribution < 1.29 is 31.7 Å². The third kappa shape index (κ3) is 2.39. The van der Waals surface area contributed by atoms with Gasteiger partial charge in [0.25, 0.3) is 0 Å². The molecule has 33 heavy (non-hydrogen) atoms. The largest absolute Gasteiger partial charge is 0.508 e. The van der Waals surface area contributed by atoms with Gasteiger partial charge in [0.2, 0.25) is 16.7 Å². The lowest BCUT2D eigenvalue weighted by molar-refractivity contribution is -0.538. The number of pyridine rings is 1. The van der Waals surface area contributed by atoms with Gasteiger partial charge in [-0.25, -0.2) is 0 Å². The van der Waals surface area contributed by atoms with Crippen LogP contribution in [-0.4, -0.2) is 5.11 Å². The highest BCUT2D eigenvalue weighted by atomic mass is 19.4. The number of nitrogens with zero attached hydrogens (tertiary/aromatic N) is 1. The molecule has 0 fully saturated rings. The van der Waals surface area contributed by atoms with Crippen molar-refractivity contribution in [2.45, 2.75) is 6.18 Å². The fraction of sp³-hybridized carbons (Fsp3) is 0.0385. The van der Waals surface area contributed by atoms with E-state index in [-0.39, 0.29) is 5.69 Å². The van der Waals surface area contributed by atoms with Crippen LogP contribution in [-0.2, 0) is 6.18 Å². The third-order valence-corrected chi connectivity index (χ3v) is 6.16. The molecule has 4 nitrogen and oxygen atoms in total. The minimum atomic E-state index is -4.60. The summed E-state index contributed by atoms with van der Waals surface area (Å²) < 4.78 is 54.7. The summed E-state index contributed by atoms with van der Waals surface area (Å²) in [6.07, 6.45) is -4.60. The molecule has 1 aromatic heterocycles. The maximum Gasteiger partial charge on any atom is 0.416 e. The van der Waals surface area contributed by atoms with Crippen LogP contribution in [0, 0.1) is 0 Å². The summed E-state index contributed by atoms with van der Waals surface area (Å²) in [7, 11) is 0. The van der Waals surface area contributed by atoms with E-state index in [1.165, 1.54) is 6.07 Å². The van der Waals surface area contributed by atoms with Crippen molar-refractivity contribution in [3.63, 3.8) is 0 Å². The first kappa shape index (κ1) is 18.3. The van der Waals surface area contributed by atoms with E-state index in [0.29, 0.717) is 33.4 Å². The van der Waals surface area contributed by atoms with Gasteiger partial charge in [-0.15, -0.1) is 0 Å². The Bertz CT molecular complexity index is 1730. The van der Waals surface area contributed by atoms with Crippen LogP contribution in [0.4, 0.5) is 13.2 Å². The zero-order valence-electron chi connectivity index (χ0n) is 16.8. The maximum atomic E-state index is 13.6. The molecular formula is C26H13F3NO3+. The van der Waals surface area contributed by atoms with E-state index >= 15 is 0 Å². The summed E-state index contributed by atoms with van der Waals surface area (Å²) in [4.78, 5) is 0. The molecule has 0 saturated heterocycles. The summed E-state index contributed by atoms with van der Waals surface area (Å²) in [5.41, 5.74) is 4.88. The topological polar surface area (TPSA) is 50.4 Å². The van der Waals surface area contributed by atoms with Crippen LogP contribution in [0.25, 0.3) is 61.0 Å². The quantitative estimate of drug-likeness (QED) is 0.168. The number of alkyl halides is 3. The lowest BCUT2D eigenvalue weighted by atomic mass is 9.92. The molecule has 0 unspecified atom stereocenters. The van der Waals surface area contributed by atoms with Gasteiger partial charge >= 0.3 is 6.18 Å². The molecule has 7 rings (SSSR count). The number of rotatable bonds is 1. The Morgan fingerprint density at radius 3 is 1.79 bits per heavy atom. The molecule has 0 bridgehead atoms. The fourth-order valence-electron chi connectivity index (χ4n) is 4.92. The number of aromatic hydroxyl groups is 1. The molecule has 3 heterocycles. The number of phenolic OH excluding ortho intramolecular Hbond substituents is 1. The van der Waals surface area contributed by atoms with E-state index in [0.717, 1.165) is 34.0 Å². The SMILES string of the molecule is Oc1cc(-[n+]2c3cccc4oc5cccc6oc7cccc2c7c(c43)-c56)cc(C(F)(F)F)c1. The van der Waals surface area contributed by atoms with Crippen molar-refractivity contribution >= 4 is 44.1 Å². The molecule has 7 heteroatoms. The first-order valence-corrected chi connectivity index (χ1v) is 10.2. The molecule has 5 aromatic rings. The Kier molecular flexibility index (Phi) is 3.30. The van der Waals surface area contributed by atoms with E-state index in [2.05, 4.69) is 0 Å². The molecule has 0 amide bonds. The predicted molar refractivity (Wildman–Crippen MR) is 117 cm³/mol. The standard InChI is InChI=1S/C26H12F3NO3/c27-26(28,29)13-10-14(12-15(31)11-13)30-16-4-1-6-18-22(16)25-23-17(30)5-2-7-19(23)33-21-9-3-8-20(32-18)24(21)25/h1-12H/p+1. The summed E-state index contributed by atoms with van der Waals surface area (Å²) in [5.74, 6) is -0.468. The number of halogens is 3. The third-order valence-electron chi connectivity index (χ3n) is 6.16. The Morgan fingerprint density at radius 1 is 0.667 bits per heavy atom. The molecule has 2 aliphatic heterocycles. The summed E-state index contributed by atoms with van der Waals surface area (Å²) >= 11 is 0. The number of aromatic nitrogens is 1. The normalized spacial score (nSPS) is 12.8. The Balaban J connectivity index is 1.76. The Labute approximate surface area is 183 Å². The first-order chi connectivity index (χ1) is 15.9. The van der Waals surface area contributed by atoms with Gasteiger partial charge in [-0.1, -0.05) is 18.2 Å². The van der Waals surface area contributed by atoms with Crippen LogP contribution in [0.15, 0.2) is 81.6 Å². The second-order valence-electron chi connectivity index (χ2n) is 8.08. The molecule has 2 aliphatic rings. The number of phenols is 1. The van der Waals surface area contributed by atoms with Gasteiger partial charge in [0.15, 0.2) is 0 Å². The molecule has 0 aliphatic carbocycles. The average Bonchev–Trinajstić information content (AvgIpc) is 2.78. The van der Waals surface area contributed by atoms with Gasteiger partial charge in [-0.2, -0.15) is 17.7 Å². The Morgan fingerprint density at radius 2 is 1.21 bits per heavy atom. The van der Waals surface area contributed by atoms with Crippen LogP contribution in [0.2, 0.25) is 0 Å². The highest BCUT2D eigenvalue weighted by molar-refractivity contribution is 6.22. The molecule has 1 N–H and O–H groups in total. The van der Waals surface area contributed by atoms with Crippen LogP contribution in [0.3, 0.4) is 0 Å². The summed E-state index contributed by atoms with van der Waals surface area (Å²) in [6, 6.07) is 19.7. The van der Waals surface area contributed by atoms with Crippen molar-refractivity contribution in [2.24, 2.45) is 0 Å². The summed E-state index contributed by atoms with van der Waals surface area (Å²) in [5, 5.41) is 11.7. The lowest BCUT2D eigenvalue weighted by Gasteiger charge is -2.19. The van der Waals surface area contributed by atoms with Crippen molar-refractivity contribution in [2.75, 3.05) is 0 Å². The average molecular weight is 444 g/mol. The van der Waals surface area contributed by atoms with Gasteiger partial charge in [0.1, 0.15) is 28.1 Å². The summed E-state index contributed by atoms with van der Waals surface area (Å²) in [6.45, 7) is 0. The molecule has 0 radical (unpaired) electrons. The zero-order valence-corrected chi connectivity index (χ0v) is 16.8. The highest BCUT2D eigenvalue weighted by Gasteiger charge is 2.35. The maximum absolute atomic E-state index is 13.6. The number of hydrogen-bond donors (Lipinski definition) is 1. The zero-order chi connectivity index (χ0) is 22.5. The number of benzene rings is 4. The first-order valence-electron chi connectivity index (χ1n) is 10.2.